The number of esters is 1. The lowest BCUT2D eigenvalue weighted by atomic mass is 10.2. The number of rotatable bonds is 8. The lowest BCUT2D eigenvalue weighted by molar-refractivity contribution is -0.123. The number of ether oxygens (including phenoxy) is 1. The van der Waals surface area contributed by atoms with Gasteiger partial charge in [0, 0.05) is 16.7 Å². The Hall–Kier alpha value is -3.18. The van der Waals surface area contributed by atoms with E-state index in [1.807, 2.05) is 5.32 Å². The molecule has 2 rings (SSSR count). The molecule has 2 aromatic carbocycles. The minimum atomic E-state index is -3.86. The van der Waals surface area contributed by atoms with E-state index in [4.69, 9.17) is 4.74 Å². The van der Waals surface area contributed by atoms with Gasteiger partial charge in [-0.25, -0.2) is 18.0 Å². The summed E-state index contributed by atoms with van der Waals surface area (Å²) in [6.07, 6.45) is 1.43. The summed E-state index contributed by atoms with van der Waals surface area (Å²) in [7, 11) is -3.86. The quantitative estimate of drug-likeness (QED) is 0.380. The van der Waals surface area contributed by atoms with Crippen LogP contribution in [-0.2, 0) is 19.6 Å². The zero-order valence-electron chi connectivity index (χ0n) is 15.6. The van der Waals surface area contributed by atoms with E-state index in [-0.39, 0.29) is 22.7 Å². The molecule has 9 nitrogen and oxygen atoms in total. The second-order valence-corrected chi connectivity index (χ2v) is 8.36. The van der Waals surface area contributed by atoms with Crippen LogP contribution in [0.4, 0.5) is 10.5 Å². The summed E-state index contributed by atoms with van der Waals surface area (Å²) < 4.78 is 32.8. The minimum absolute atomic E-state index is 0.0231. The lowest BCUT2D eigenvalue weighted by Gasteiger charge is -2.10. The van der Waals surface area contributed by atoms with Gasteiger partial charge in [0.1, 0.15) is 0 Å². The number of anilines is 1. The molecule has 158 valence electrons. The van der Waals surface area contributed by atoms with E-state index in [9.17, 15) is 22.8 Å². The summed E-state index contributed by atoms with van der Waals surface area (Å²) in [4.78, 5) is 35.1. The number of hydrogen-bond donors (Lipinski definition) is 3. The Bertz CT molecular complexity index is 1050. The first-order chi connectivity index (χ1) is 14.2. The summed E-state index contributed by atoms with van der Waals surface area (Å²) in [5.41, 5.74) is 0.163. The molecule has 0 bridgehead atoms. The topological polar surface area (TPSA) is 131 Å². The molecule has 0 radical (unpaired) electrons. The van der Waals surface area contributed by atoms with E-state index in [0.717, 1.165) is 4.47 Å². The molecule has 0 unspecified atom stereocenters. The Morgan fingerprint density at radius 3 is 2.47 bits per heavy atom. The van der Waals surface area contributed by atoms with Gasteiger partial charge in [-0.1, -0.05) is 28.1 Å². The van der Waals surface area contributed by atoms with Gasteiger partial charge in [-0.15, -0.1) is 6.58 Å². The third kappa shape index (κ3) is 7.01. The molecule has 0 spiro atoms. The molecule has 0 atom stereocenters. The predicted octanol–water partition coefficient (Wildman–Crippen LogP) is 2.42. The molecule has 0 fully saturated rings. The van der Waals surface area contributed by atoms with E-state index in [1.165, 1.54) is 42.5 Å². The fourth-order valence-electron chi connectivity index (χ4n) is 2.12. The molecule has 11 heteroatoms. The molecule has 0 aliphatic heterocycles. The maximum absolute atomic E-state index is 12.4. The molecule has 0 aromatic heterocycles. The van der Waals surface area contributed by atoms with Crippen molar-refractivity contribution in [3.05, 3.63) is 71.2 Å². The zero-order valence-corrected chi connectivity index (χ0v) is 18.0. The number of urea groups is 1. The molecule has 0 saturated heterocycles. The summed E-state index contributed by atoms with van der Waals surface area (Å²) in [5.74, 6) is -1.68. The molecule has 3 N–H and O–H groups in total. The van der Waals surface area contributed by atoms with Crippen molar-refractivity contribution < 1.29 is 27.5 Å². The molecule has 0 saturated carbocycles. The number of amides is 3. The maximum atomic E-state index is 12.4. The Morgan fingerprint density at radius 2 is 1.80 bits per heavy atom. The van der Waals surface area contributed by atoms with Crippen LogP contribution in [0, 0.1) is 0 Å². The predicted molar refractivity (Wildman–Crippen MR) is 113 cm³/mol. The van der Waals surface area contributed by atoms with Crippen LogP contribution in [0.3, 0.4) is 0 Å². The van der Waals surface area contributed by atoms with Crippen molar-refractivity contribution in [2.75, 3.05) is 17.9 Å². The SMILES string of the molecule is C=CCNC(=O)NC(=O)COC(=O)c1cccc(NS(=O)(=O)c2ccc(Br)cc2)c1. The number of carbonyl (C=O) groups excluding carboxylic acids is 3. The average Bonchev–Trinajstić information content (AvgIpc) is 2.70. The average molecular weight is 496 g/mol. The van der Waals surface area contributed by atoms with E-state index in [2.05, 4.69) is 32.5 Å². The number of halogens is 1. The van der Waals surface area contributed by atoms with Crippen molar-refractivity contribution in [2.24, 2.45) is 0 Å². The lowest BCUT2D eigenvalue weighted by Crippen LogP contribution is -2.41. The number of carbonyl (C=O) groups is 3. The third-order valence-electron chi connectivity index (χ3n) is 3.47. The van der Waals surface area contributed by atoms with Gasteiger partial charge in [0.15, 0.2) is 6.61 Å². The first kappa shape index (κ1) is 23.1. The van der Waals surface area contributed by atoms with Gasteiger partial charge in [0.05, 0.1) is 10.5 Å². The van der Waals surface area contributed by atoms with Crippen LogP contribution in [0.5, 0.6) is 0 Å². The van der Waals surface area contributed by atoms with E-state index in [1.54, 1.807) is 12.1 Å². The molecule has 3 amide bonds. The molecule has 0 heterocycles. The smallest absolute Gasteiger partial charge is 0.338 e. The van der Waals surface area contributed by atoms with Crippen molar-refractivity contribution in [1.29, 1.82) is 0 Å². The first-order valence-electron chi connectivity index (χ1n) is 8.45. The number of sulfonamides is 1. The van der Waals surface area contributed by atoms with Gasteiger partial charge in [-0.2, -0.15) is 0 Å². The van der Waals surface area contributed by atoms with Gasteiger partial charge in [-0.05, 0) is 42.5 Å². The number of benzene rings is 2. The van der Waals surface area contributed by atoms with Crippen LogP contribution in [0.2, 0.25) is 0 Å². The highest BCUT2D eigenvalue weighted by molar-refractivity contribution is 9.10. The molecule has 2 aromatic rings. The summed E-state index contributed by atoms with van der Waals surface area (Å²) >= 11 is 3.23. The van der Waals surface area contributed by atoms with Gasteiger partial charge in [0.2, 0.25) is 0 Å². The van der Waals surface area contributed by atoms with Gasteiger partial charge in [-0.3, -0.25) is 14.8 Å². The Balaban J connectivity index is 1.98. The Morgan fingerprint density at radius 1 is 1.10 bits per heavy atom. The van der Waals surface area contributed by atoms with Crippen molar-refractivity contribution in [3.8, 4) is 0 Å². The third-order valence-corrected chi connectivity index (χ3v) is 5.39. The Kier molecular flexibility index (Phi) is 8.13. The monoisotopic (exact) mass is 495 g/mol. The normalized spacial score (nSPS) is 10.6. The van der Waals surface area contributed by atoms with Crippen LogP contribution in [0.15, 0.2) is 70.6 Å². The summed E-state index contributed by atoms with van der Waals surface area (Å²) in [5, 5.41) is 4.31. The van der Waals surface area contributed by atoms with Crippen LogP contribution < -0.4 is 15.4 Å². The first-order valence-corrected chi connectivity index (χ1v) is 10.7. The summed E-state index contributed by atoms with van der Waals surface area (Å²) in [6.45, 7) is 2.90. The molecule has 0 aliphatic rings. The van der Waals surface area contributed by atoms with E-state index < -0.39 is 34.5 Å². The highest BCUT2D eigenvalue weighted by Crippen LogP contribution is 2.19. The van der Waals surface area contributed by atoms with E-state index >= 15 is 0 Å². The van der Waals surface area contributed by atoms with Gasteiger partial charge < -0.3 is 10.1 Å². The maximum Gasteiger partial charge on any atom is 0.338 e. The Labute approximate surface area is 181 Å². The molecule has 0 aliphatic carbocycles. The fourth-order valence-corrected chi connectivity index (χ4v) is 3.44. The largest absolute Gasteiger partial charge is 0.452 e. The van der Waals surface area contributed by atoms with Crippen molar-refractivity contribution >= 4 is 49.5 Å². The van der Waals surface area contributed by atoms with E-state index in [0.29, 0.717) is 0 Å². The molecular formula is C19H18BrN3O6S. The number of imide groups is 1. The molecule has 30 heavy (non-hydrogen) atoms. The highest BCUT2D eigenvalue weighted by atomic mass is 79.9. The van der Waals surface area contributed by atoms with Crippen molar-refractivity contribution in [3.63, 3.8) is 0 Å². The zero-order chi connectivity index (χ0) is 22.1. The van der Waals surface area contributed by atoms with Crippen LogP contribution in [0.1, 0.15) is 10.4 Å². The number of hydrogen-bond acceptors (Lipinski definition) is 6. The number of nitrogens with one attached hydrogen (secondary N) is 3. The van der Waals surface area contributed by atoms with Crippen molar-refractivity contribution in [1.82, 2.24) is 10.6 Å². The van der Waals surface area contributed by atoms with Gasteiger partial charge in [0.25, 0.3) is 15.9 Å². The molecular weight excluding hydrogens is 478 g/mol. The minimum Gasteiger partial charge on any atom is -0.452 e. The second kappa shape index (κ2) is 10.6. The summed E-state index contributed by atoms with van der Waals surface area (Å²) in [6, 6.07) is 10.9. The van der Waals surface area contributed by atoms with Gasteiger partial charge >= 0.3 is 12.0 Å². The van der Waals surface area contributed by atoms with Crippen molar-refractivity contribution in [2.45, 2.75) is 4.90 Å². The standard InChI is InChI=1S/C19H18BrN3O6S/c1-2-10-21-19(26)22-17(24)12-29-18(25)13-4-3-5-15(11-13)23-30(27,28)16-8-6-14(20)7-9-16/h2-9,11,23H,1,10,12H2,(H2,21,22,24,26). The fraction of sp³-hybridized carbons (Fsp3) is 0.105. The van der Waals surface area contributed by atoms with Crippen LogP contribution >= 0.6 is 15.9 Å². The second-order valence-electron chi connectivity index (χ2n) is 5.76. The van der Waals surface area contributed by atoms with Crippen LogP contribution in [-0.4, -0.2) is 39.5 Å². The highest BCUT2D eigenvalue weighted by Gasteiger charge is 2.16. The van der Waals surface area contributed by atoms with Crippen LogP contribution in [0.25, 0.3) is 0 Å².